The van der Waals surface area contributed by atoms with E-state index < -0.39 is 11.3 Å². The normalized spacial score (nSPS) is 17.6. The van der Waals surface area contributed by atoms with Gasteiger partial charge in [-0.25, -0.2) is 4.79 Å². The molecule has 0 fully saturated rings. The molecule has 2 aliphatic rings. The SMILES string of the molecule is CCN(CC)CCOC(=O)N1N=C(c2ccc3c(c2)CCCN3C(=O)c2ccccc2)C(C)SC1=O. The van der Waals surface area contributed by atoms with E-state index in [4.69, 9.17) is 4.74 Å². The Morgan fingerprint density at radius 3 is 2.61 bits per heavy atom. The van der Waals surface area contributed by atoms with Crippen LogP contribution < -0.4 is 4.90 Å². The molecule has 0 radical (unpaired) electrons. The summed E-state index contributed by atoms with van der Waals surface area (Å²) in [6.07, 6.45) is 0.934. The van der Waals surface area contributed by atoms with Gasteiger partial charge in [0.2, 0.25) is 0 Å². The van der Waals surface area contributed by atoms with Gasteiger partial charge in [0.1, 0.15) is 6.61 Å². The Kier molecular flexibility index (Phi) is 8.43. The molecular formula is C27H32N4O4S. The van der Waals surface area contributed by atoms with Crippen molar-refractivity contribution in [3.05, 3.63) is 65.2 Å². The maximum Gasteiger partial charge on any atom is 0.438 e. The molecule has 0 spiro atoms. The Morgan fingerprint density at radius 1 is 1.14 bits per heavy atom. The van der Waals surface area contributed by atoms with Crippen LogP contribution in [0.1, 0.15) is 48.7 Å². The van der Waals surface area contributed by atoms with Gasteiger partial charge < -0.3 is 14.5 Å². The second kappa shape index (κ2) is 11.7. The predicted octanol–water partition coefficient (Wildman–Crippen LogP) is 5.02. The van der Waals surface area contributed by atoms with E-state index in [0.29, 0.717) is 24.4 Å². The van der Waals surface area contributed by atoms with Crippen LogP contribution >= 0.6 is 11.8 Å². The molecule has 0 saturated carbocycles. The van der Waals surface area contributed by atoms with Gasteiger partial charge >= 0.3 is 11.3 Å². The highest BCUT2D eigenvalue weighted by Gasteiger charge is 2.34. The van der Waals surface area contributed by atoms with Crippen LogP contribution in [0.15, 0.2) is 53.6 Å². The highest BCUT2D eigenvalue weighted by molar-refractivity contribution is 8.14. The van der Waals surface area contributed by atoms with E-state index in [1.807, 2.05) is 74.2 Å². The van der Waals surface area contributed by atoms with Crippen molar-refractivity contribution in [1.29, 1.82) is 0 Å². The maximum atomic E-state index is 13.1. The number of amides is 3. The molecule has 2 aromatic rings. The van der Waals surface area contributed by atoms with Crippen LogP contribution in [0.3, 0.4) is 0 Å². The molecule has 0 bridgehead atoms. The first-order valence-electron chi connectivity index (χ1n) is 12.4. The highest BCUT2D eigenvalue weighted by Crippen LogP contribution is 2.32. The molecule has 9 heteroatoms. The summed E-state index contributed by atoms with van der Waals surface area (Å²) >= 11 is 1.05. The van der Waals surface area contributed by atoms with Crippen molar-refractivity contribution in [2.45, 2.75) is 38.9 Å². The fourth-order valence-electron chi connectivity index (χ4n) is 4.46. The van der Waals surface area contributed by atoms with Gasteiger partial charge in [0.25, 0.3) is 5.91 Å². The molecule has 4 rings (SSSR count). The third kappa shape index (κ3) is 5.63. The summed E-state index contributed by atoms with van der Waals surface area (Å²) in [4.78, 5) is 42.3. The molecule has 190 valence electrons. The molecule has 8 nitrogen and oxygen atoms in total. The van der Waals surface area contributed by atoms with E-state index in [9.17, 15) is 14.4 Å². The molecule has 2 aliphatic heterocycles. The van der Waals surface area contributed by atoms with Gasteiger partial charge in [-0.15, -0.1) is 5.01 Å². The molecule has 2 aromatic carbocycles. The van der Waals surface area contributed by atoms with Crippen molar-refractivity contribution < 1.29 is 19.1 Å². The Hall–Kier alpha value is -3.17. The van der Waals surface area contributed by atoms with Crippen molar-refractivity contribution in [2.75, 3.05) is 37.7 Å². The fraction of sp³-hybridized carbons (Fsp3) is 0.407. The first kappa shape index (κ1) is 25.9. The van der Waals surface area contributed by atoms with Crippen LogP contribution in [0.4, 0.5) is 15.3 Å². The lowest BCUT2D eigenvalue weighted by Gasteiger charge is -2.31. The third-order valence-corrected chi connectivity index (χ3v) is 7.45. The van der Waals surface area contributed by atoms with Crippen LogP contribution in [-0.4, -0.2) is 70.9 Å². The third-order valence-electron chi connectivity index (χ3n) is 6.50. The second-order valence-electron chi connectivity index (χ2n) is 8.73. The Morgan fingerprint density at radius 2 is 1.89 bits per heavy atom. The number of imide groups is 1. The minimum Gasteiger partial charge on any atom is -0.446 e. The quantitative estimate of drug-likeness (QED) is 0.522. The molecule has 0 saturated heterocycles. The summed E-state index contributed by atoms with van der Waals surface area (Å²) in [7, 11) is 0. The van der Waals surface area contributed by atoms with Gasteiger partial charge in [0, 0.05) is 24.3 Å². The molecule has 3 amide bonds. The van der Waals surface area contributed by atoms with Gasteiger partial charge in [0.05, 0.1) is 11.0 Å². The summed E-state index contributed by atoms with van der Waals surface area (Å²) in [6.45, 7) is 9.17. The molecule has 0 N–H and O–H groups in total. The van der Waals surface area contributed by atoms with Crippen LogP contribution in [0, 0.1) is 0 Å². The lowest BCUT2D eigenvalue weighted by Crippen LogP contribution is -2.39. The largest absolute Gasteiger partial charge is 0.446 e. The van der Waals surface area contributed by atoms with Gasteiger partial charge in [-0.2, -0.15) is 5.10 Å². The molecular weight excluding hydrogens is 476 g/mol. The topological polar surface area (TPSA) is 82.5 Å². The number of likely N-dealkylation sites (N-methyl/N-ethyl adjacent to an activating group) is 1. The molecule has 1 atom stereocenters. The zero-order chi connectivity index (χ0) is 25.7. The minimum atomic E-state index is -0.762. The number of thioether (sulfide) groups is 1. The first-order valence-corrected chi connectivity index (χ1v) is 13.3. The standard InChI is InChI=1S/C27H32N4O4S/c1-4-29(5-2)16-17-35-26(33)31-27(34)36-19(3)24(28-31)22-13-14-23-21(18-22)12-9-15-30(23)25(32)20-10-7-6-8-11-20/h6-8,10-11,13-14,18-19H,4-5,9,12,15-17H2,1-3H3. The Bertz CT molecular complexity index is 1150. The van der Waals surface area contributed by atoms with Crippen LogP contribution in [0.25, 0.3) is 0 Å². The van der Waals surface area contributed by atoms with Crippen LogP contribution in [0.5, 0.6) is 0 Å². The Balaban J connectivity index is 1.54. The smallest absolute Gasteiger partial charge is 0.438 e. The van der Waals surface area contributed by atoms with Crippen molar-refractivity contribution >= 4 is 40.4 Å². The predicted molar refractivity (Wildman–Crippen MR) is 143 cm³/mol. The van der Waals surface area contributed by atoms with Gasteiger partial charge in [-0.1, -0.05) is 49.9 Å². The van der Waals surface area contributed by atoms with Crippen molar-refractivity contribution in [3.63, 3.8) is 0 Å². The lowest BCUT2D eigenvalue weighted by molar-refractivity contribution is 0.0983. The summed E-state index contributed by atoms with van der Waals surface area (Å²) < 4.78 is 5.34. The van der Waals surface area contributed by atoms with E-state index in [1.165, 1.54) is 0 Å². The summed E-state index contributed by atoms with van der Waals surface area (Å²) in [5.41, 5.74) is 4.06. The van der Waals surface area contributed by atoms with Gasteiger partial charge in [0.15, 0.2) is 0 Å². The average molecular weight is 509 g/mol. The summed E-state index contributed by atoms with van der Waals surface area (Å²) in [5, 5.41) is 4.57. The number of fused-ring (bicyclic) bond motifs is 1. The lowest BCUT2D eigenvalue weighted by atomic mass is 9.96. The number of carbonyl (C=O) groups is 3. The van der Waals surface area contributed by atoms with E-state index in [-0.39, 0.29) is 17.8 Å². The van der Waals surface area contributed by atoms with E-state index in [1.54, 1.807) is 0 Å². The zero-order valence-corrected chi connectivity index (χ0v) is 21.8. The van der Waals surface area contributed by atoms with Crippen molar-refractivity contribution in [2.24, 2.45) is 5.10 Å². The maximum absolute atomic E-state index is 13.1. The number of ether oxygens (including phenoxy) is 1. The van der Waals surface area contributed by atoms with Gasteiger partial charge in [-0.05, 0) is 68.2 Å². The minimum absolute atomic E-state index is 0.0209. The number of nitrogens with zero attached hydrogens (tertiary/aromatic N) is 4. The number of hydrogen-bond donors (Lipinski definition) is 0. The number of hydrazone groups is 1. The molecule has 0 aliphatic carbocycles. The van der Waals surface area contributed by atoms with Crippen LogP contribution in [-0.2, 0) is 11.2 Å². The number of hydrogen-bond acceptors (Lipinski definition) is 7. The second-order valence-corrected chi connectivity index (χ2v) is 10.0. The number of carbonyl (C=O) groups excluding carboxylic acids is 3. The first-order chi connectivity index (χ1) is 17.4. The van der Waals surface area contributed by atoms with E-state index >= 15 is 0 Å². The number of benzene rings is 2. The van der Waals surface area contributed by atoms with Crippen molar-refractivity contribution in [3.8, 4) is 0 Å². The highest BCUT2D eigenvalue weighted by atomic mass is 32.2. The molecule has 1 unspecified atom stereocenters. The summed E-state index contributed by atoms with van der Waals surface area (Å²) in [6, 6.07) is 15.1. The number of aryl methyl sites for hydroxylation is 1. The average Bonchev–Trinajstić information content (AvgIpc) is 2.90. The monoisotopic (exact) mass is 508 g/mol. The molecule has 36 heavy (non-hydrogen) atoms. The van der Waals surface area contributed by atoms with Crippen LogP contribution in [0.2, 0.25) is 0 Å². The summed E-state index contributed by atoms with van der Waals surface area (Å²) in [5.74, 6) is -0.0209. The Labute approximate surface area is 216 Å². The van der Waals surface area contributed by atoms with Gasteiger partial charge in [-0.3, -0.25) is 9.59 Å². The van der Waals surface area contributed by atoms with E-state index in [2.05, 4.69) is 10.0 Å². The number of rotatable bonds is 7. The van der Waals surface area contributed by atoms with Crippen molar-refractivity contribution in [1.82, 2.24) is 9.91 Å². The van der Waals surface area contributed by atoms with E-state index in [0.717, 1.165) is 59.5 Å². The molecule has 0 aromatic heterocycles. The zero-order valence-electron chi connectivity index (χ0n) is 21.0. The number of anilines is 1. The molecule has 2 heterocycles. The fourth-order valence-corrected chi connectivity index (χ4v) is 5.27.